The van der Waals surface area contributed by atoms with Crippen molar-refractivity contribution >= 4 is 5.97 Å². The number of benzene rings is 1. The van der Waals surface area contributed by atoms with Gasteiger partial charge in [0.2, 0.25) is 0 Å². The highest BCUT2D eigenvalue weighted by atomic mass is 16.5. The van der Waals surface area contributed by atoms with E-state index >= 15 is 0 Å². The predicted octanol–water partition coefficient (Wildman–Crippen LogP) is 1.92. The summed E-state index contributed by atoms with van der Waals surface area (Å²) in [6.07, 6.45) is 1.60. The van der Waals surface area contributed by atoms with Gasteiger partial charge in [-0.15, -0.1) is 0 Å². The van der Waals surface area contributed by atoms with E-state index in [-0.39, 0.29) is 12.4 Å². The third-order valence-electron chi connectivity index (χ3n) is 1.69. The molecule has 0 amide bonds. The number of carbonyl (C=O) groups is 1. The van der Waals surface area contributed by atoms with Gasteiger partial charge >= 0.3 is 5.97 Å². The molecule has 1 rings (SSSR count). The Morgan fingerprint density at radius 2 is 2.36 bits per heavy atom. The molecule has 0 saturated carbocycles. The zero-order chi connectivity index (χ0) is 10.4. The normalized spacial score (nSPS) is 9.21. The smallest absolute Gasteiger partial charge is 0.309 e. The van der Waals surface area contributed by atoms with Crippen LogP contribution in [-0.4, -0.2) is 13.1 Å². The Morgan fingerprint density at radius 3 is 3.00 bits per heavy atom. The van der Waals surface area contributed by atoms with Gasteiger partial charge < -0.3 is 9.47 Å². The molecule has 74 valence electrons. The van der Waals surface area contributed by atoms with Crippen LogP contribution in [0.25, 0.3) is 0 Å². The second kappa shape index (κ2) is 5.07. The van der Waals surface area contributed by atoms with Crippen LogP contribution >= 0.6 is 0 Å². The first-order chi connectivity index (χ1) is 6.76. The van der Waals surface area contributed by atoms with Crippen LogP contribution in [0.4, 0.5) is 0 Å². The monoisotopic (exact) mass is 192 g/mol. The SMILES string of the molecule is C=COc1cccc(CC(=O)OC)c1. The number of ether oxygens (including phenoxy) is 2. The molecule has 1 aromatic rings. The van der Waals surface area contributed by atoms with Gasteiger partial charge in [-0.25, -0.2) is 0 Å². The van der Waals surface area contributed by atoms with Crippen molar-refractivity contribution in [2.24, 2.45) is 0 Å². The molecule has 0 saturated heterocycles. The highest BCUT2D eigenvalue weighted by Crippen LogP contribution is 2.14. The number of methoxy groups -OCH3 is 1. The van der Waals surface area contributed by atoms with Crippen LogP contribution in [0.3, 0.4) is 0 Å². The van der Waals surface area contributed by atoms with Gasteiger partial charge in [0.05, 0.1) is 19.8 Å². The fourth-order valence-electron chi connectivity index (χ4n) is 1.06. The zero-order valence-electron chi connectivity index (χ0n) is 8.03. The molecule has 0 aromatic heterocycles. The first-order valence-electron chi connectivity index (χ1n) is 4.19. The third-order valence-corrected chi connectivity index (χ3v) is 1.69. The van der Waals surface area contributed by atoms with Gasteiger partial charge in [0.25, 0.3) is 0 Å². The molecule has 0 unspecified atom stereocenters. The van der Waals surface area contributed by atoms with Crippen molar-refractivity contribution in [1.29, 1.82) is 0 Å². The lowest BCUT2D eigenvalue weighted by Crippen LogP contribution is -2.04. The lowest BCUT2D eigenvalue weighted by atomic mass is 10.1. The Labute approximate surface area is 83.0 Å². The summed E-state index contributed by atoms with van der Waals surface area (Å²) in [5, 5.41) is 0. The Kier molecular flexibility index (Phi) is 3.73. The maximum atomic E-state index is 11.0. The summed E-state index contributed by atoms with van der Waals surface area (Å²) in [5.41, 5.74) is 0.858. The summed E-state index contributed by atoms with van der Waals surface area (Å²) < 4.78 is 9.63. The van der Waals surface area contributed by atoms with Crippen molar-refractivity contribution in [3.05, 3.63) is 42.7 Å². The van der Waals surface area contributed by atoms with Crippen LogP contribution < -0.4 is 4.74 Å². The van der Waals surface area contributed by atoms with Crippen LogP contribution in [0, 0.1) is 0 Å². The average Bonchev–Trinajstić information content (AvgIpc) is 2.19. The molecule has 3 nitrogen and oxygen atoms in total. The average molecular weight is 192 g/mol. The van der Waals surface area contributed by atoms with Crippen molar-refractivity contribution in [3.63, 3.8) is 0 Å². The number of rotatable bonds is 4. The van der Waals surface area contributed by atoms with E-state index in [1.807, 2.05) is 12.1 Å². The zero-order valence-corrected chi connectivity index (χ0v) is 8.03. The number of carbonyl (C=O) groups excluding carboxylic acids is 1. The van der Waals surface area contributed by atoms with E-state index < -0.39 is 0 Å². The third kappa shape index (κ3) is 2.94. The van der Waals surface area contributed by atoms with Crippen molar-refractivity contribution < 1.29 is 14.3 Å². The molecule has 0 aliphatic carbocycles. The molecule has 3 heteroatoms. The summed E-state index contributed by atoms with van der Waals surface area (Å²) in [7, 11) is 1.37. The molecule has 0 atom stereocenters. The fraction of sp³-hybridized carbons (Fsp3) is 0.182. The first kappa shape index (κ1) is 10.3. The van der Waals surface area contributed by atoms with Crippen molar-refractivity contribution in [3.8, 4) is 5.75 Å². The van der Waals surface area contributed by atoms with E-state index in [0.29, 0.717) is 5.75 Å². The van der Waals surface area contributed by atoms with E-state index in [0.717, 1.165) is 5.56 Å². The highest BCUT2D eigenvalue weighted by Gasteiger charge is 2.03. The van der Waals surface area contributed by atoms with Gasteiger partial charge in [-0.3, -0.25) is 4.79 Å². The molecule has 0 fully saturated rings. The van der Waals surface area contributed by atoms with E-state index in [1.54, 1.807) is 12.1 Å². The molecular formula is C11H12O3. The van der Waals surface area contributed by atoms with Gasteiger partial charge in [-0.2, -0.15) is 0 Å². The Hall–Kier alpha value is -1.77. The lowest BCUT2D eigenvalue weighted by molar-refractivity contribution is -0.139. The van der Waals surface area contributed by atoms with E-state index in [4.69, 9.17) is 4.74 Å². The van der Waals surface area contributed by atoms with E-state index in [9.17, 15) is 4.79 Å². The van der Waals surface area contributed by atoms with Gasteiger partial charge in [0, 0.05) is 0 Å². The number of hydrogen-bond donors (Lipinski definition) is 0. The minimum atomic E-state index is -0.263. The molecule has 0 heterocycles. The quantitative estimate of drug-likeness (QED) is 0.540. The molecule has 0 N–H and O–H groups in total. The Balaban J connectivity index is 2.72. The minimum absolute atomic E-state index is 0.255. The van der Waals surface area contributed by atoms with E-state index in [2.05, 4.69) is 11.3 Å². The predicted molar refractivity (Wildman–Crippen MR) is 53.0 cm³/mol. The van der Waals surface area contributed by atoms with Gasteiger partial charge in [0.15, 0.2) is 0 Å². The second-order valence-corrected chi connectivity index (χ2v) is 2.68. The van der Waals surface area contributed by atoms with Gasteiger partial charge in [-0.05, 0) is 17.7 Å². The maximum Gasteiger partial charge on any atom is 0.309 e. The summed E-state index contributed by atoms with van der Waals surface area (Å²) in [6.45, 7) is 3.45. The van der Waals surface area contributed by atoms with E-state index in [1.165, 1.54) is 13.4 Å². The minimum Gasteiger partial charge on any atom is -0.469 e. The second-order valence-electron chi connectivity index (χ2n) is 2.68. The first-order valence-corrected chi connectivity index (χ1v) is 4.19. The molecule has 0 aliphatic rings. The fourth-order valence-corrected chi connectivity index (χ4v) is 1.06. The van der Waals surface area contributed by atoms with Crippen LogP contribution in [-0.2, 0) is 16.0 Å². The van der Waals surface area contributed by atoms with Crippen molar-refractivity contribution in [2.45, 2.75) is 6.42 Å². The molecule has 0 spiro atoms. The van der Waals surface area contributed by atoms with Gasteiger partial charge in [-0.1, -0.05) is 18.7 Å². The highest BCUT2D eigenvalue weighted by molar-refractivity contribution is 5.72. The van der Waals surface area contributed by atoms with Crippen molar-refractivity contribution in [1.82, 2.24) is 0 Å². The Bertz CT molecular complexity index is 331. The lowest BCUT2D eigenvalue weighted by Gasteiger charge is -2.03. The molecule has 0 aliphatic heterocycles. The van der Waals surface area contributed by atoms with Crippen LogP contribution in [0.2, 0.25) is 0 Å². The summed E-state index contributed by atoms with van der Waals surface area (Å²) in [5.74, 6) is 0.405. The van der Waals surface area contributed by atoms with Crippen LogP contribution in [0.1, 0.15) is 5.56 Å². The van der Waals surface area contributed by atoms with Crippen LogP contribution in [0.15, 0.2) is 37.1 Å². The molecule has 14 heavy (non-hydrogen) atoms. The molecule has 0 radical (unpaired) electrons. The molecule has 0 bridgehead atoms. The standard InChI is InChI=1S/C11H12O3/c1-3-14-10-6-4-5-9(7-10)8-11(12)13-2/h3-7H,1,8H2,2H3. The largest absolute Gasteiger partial charge is 0.469 e. The number of hydrogen-bond acceptors (Lipinski definition) is 3. The number of esters is 1. The Morgan fingerprint density at radius 1 is 1.57 bits per heavy atom. The van der Waals surface area contributed by atoms with Crippen LogP contribution in [0.5, 0.6) is 5.75 Å². The summed E-state index contributed by atoms with van der Waals surface area (Å²) in [4.78, 5) is 11.0. The summed E-state index contributed by atoms with van der Waals surface area (Å²) >= 11 is 0. The van der Waals surface area contributed by atoms with Gasteiger partial charge in [0.1, 0.15) is 5.75 Å². The maximum absolute atomic E-state index is 11.0. The molecular weight excluding hydrogens is 180 g/mol. The topological polar surface area (TPSA) is 35.5 Å². The summed E-state index contributed by atoms with van der Waals surface area (Å²) in [6, 6.07) is 7.23. The molecule has 1 aromatic carbocycles. The van der Waals surface area contributed by atoms with Crippen molar-refractivity contribution in [2.75, 3.05) is 7.11 Å².